The molecule has 0 saturated heterocycles. The van der Waals surface area contributed by atoms with Gasteiger partial charge in [0, 0.05) is 21.5 Å². The van der Waals surface area contributed by atoms with E-state index in [0.29, 0.717) is 11.5 Å². The first-order valence-corrected chi connectivity index (χ1v) is 12.4. The van der Waals surface area contributed by atoms with Crippen LogP contribution in [0, 0.1) is 27.7 Å². The lowest BCUT2D eigenvalue weighted by molar-refractivity contribution is -0.129. The number of nitrogens with one attached hydrogen (secondary N) is 2. The van der Waals surface area contributed by atoms with E-state index in [4.69, 9.17) is 9.47 Å². The van der Waals surface area contributed by atoms with E-state index >= 15 is 0 Å². The van der Waals surface area contributed by atoms with Gasteiger partial charge in [-0.1, -0.05) is 31.9 Å². The number of carbonyl (C=O) groups excluding carboxylic acids is 2. The quantitative estimate of drug-likeness (QED) is 0.420. The number of aryl methyl sites for hydroxylation is 4. The molecule has 0 heterocycles. The van der Waals surface area contributed by atoms with Gasteiger partial charge < -0.3 is 20.1 Å². The molecule has 2 aromatic rings. The van der Waals surface area contributed by atoms with Crippen LogP contribution < -0.4 is 20.1 Å². The summed E-state index contributed by atoms with van der Waals surface area (Å²) in [5.74, 6) is 0.908. The van der Waals surface area contributed by atoms with Crippen LogP contribution in [-0.4, -0.2) is 36.6 Å². The van der Waals surface area contributed by atoms with Gasteiger partial charge in [-0.3, -0.25) is 9.59 Å². The first kappa shape index (κ1) is 27.2. The van der Waals surface area contributed by atoms with Crippen molar-refractivity contribution in [3.05, 3.63) is 55.5 Å². The van der Waals surface area contributed by atoms with Crippen LogP contribution in [-0.2, 0) is 9.59 Å². The summed E-state index contributed by atoms with van der Waals surface area (Å²) in [5.41, 5.74) is 3.80. The topological polar surface area (TPSA) is 76.7 Å². The SMILES string of the molecule is Cc1cc(Br)cc(C)c1OC(C)C(=O)NCC(C)NC(=O)C(C)Oc1c(C)cc(Br)cc1C. The molecule has 0 aliphatic rings. The highest BCUT2D eigenvalue weighted by molar-refractivity contribution is 9.10. The van der Waals surface area contributed by atoms with E-state index in [1.54, 1.807) is 13.8 Å². The highest BCUT2D eigenvalue weighted by Crippen LogP contribution is 2.29. The molecule has 0 aliphatic heterocycles. The van der Waals surface area contributed by atoms with Crippen molar-refractivity contribution in [1.29, 1.82) is 0 Å². The van der Waals surface area contributed by atoms with Crippen molar-refractivity contribution in [2.75, 3.05) is 6.54 Å². The molecule has 0 aliphatic carbocycles. The molecule has 2 N–H and O–H groups in total. The third kappa shape index (κ3) is 7.74. The molecule has 8 heteroatoms. The summed E-state index contributed by atoms with van der Waals surface area (Å²) in [6, 6.07) is 7.52. The van der Waals surface area contributed by atoms with Gasteiger partial charge in [-0.05, 0) is 95.0 Å². The van der Waals surface area contributed by atoms with Crippen molar-refractivity contribution in [3.8, 4) is 11.5 Å². The molecule has 2 rings (SSSR count). The van der Waals surface area contributed by atoms with Crippen molar-refractivity contribution in [3.63, 3.8) is 0 Å². The molecule has 0 radical (unpaired) electrons. The average molecular weight is 584 g/mol. The van der Waals surface area contributed by atoms with Crippen LogP contribution in [0.5, 0.6) is 11.5 Å². The van der Waals surface area contributed by atoms with Crippen molar-refractivity contribution in [1.82, 2.24) is 10.6 Å². The second kappa shape index (κ2) is 11.9. The minimum Gasteiger partial charge on any atom is -0.480 e. The summed E-state index contributed by atoms with van der Waals surface area (Å²) in [6.07, 6.45) is -1.34. The molecular formula is C25H32Br2N2O4. The van der Waals surface area contributed by atoms with Gasteiger partial charge in [0.25, 0.3) is 11.8 Å². The number of benzene rings is 2. The van der Waals surface area contributed by atoms with Crippen LogP contribution in [0.1, 0.15) is 43.0 Å². The fourth-order valence-corrected chi connectivity index (χ4v) is 4.81. The van der Waals surface area contributed by atoms with Crippen LogP contribution in [0.15, 0.2) is 33.2 Å². The zero-order chi connectivity index (χ0) is 24.9. The van der Waals surface area contributed by atoms with Crippen molar-refractivity contribution in [2.24, 2.45) is 0 Å². The van der Waals surface area contributed by atoms with E-state index in [2.05, 4.69) is 42.5 Å². The van der Waals surface area contributed by atoms with Gasteiger partial charge in [0.1, 0.15) is 11.5 Å². The van der Waals surface area contributed by atoms with Crippen molar-refractivity contribution < 1.29 is 19.1 Å². The lowest BCUT2D eigenvalue weighted by atomic mass is 10.1. The third-order valence-corrected chi connectivity index (χ3v) is 6.06. The molecule has 0 saturated carbocycles. The lowest BCUT2D eigenvalue weighted by Crippen LogP contribution is -2.48. The highest BCUT2D eigenvalue weighted by Gasteiger charge is 2.21. The molecule has 2 aromatic carbocycles. The minimum atomic E-state index is -0.674. The fraction of sp³-hybridized carbons (Fsp3) is 0.440. The molecule has 6 nitrogen and oxygen atoms in total. The predicted molar refractivity (Wildman–Crippen MR) is 138 cm³/mol. The number of ether oxygens (including phenoxy) is 2. The van der Waals surface area contributed by atoms with Gasteiger partial charge in [0.15, 0.2) is 12.2 Å². The summed E-state index contributed by atoms with van der Waals surface area (Å²) in [4.78, 5) is 25.1. The smallest absolute Gasteiger partial charge is 0.261 e. The van der Waals surface area contributed by atoms with E-state index in [1.807, 2.05) is 58.9 Å². The molecule has 3 atom stereocenters. The van der Waals surface area contributed by atoms with Crippen LogP contribution >= 0.6 is 31.9 Å². The Hall–Kier alpha value is -2.06. The number of halogens is 2. The van der Waals surface area contributed by atoms with E-state index in [1.165, 1.54) is 0 Å². The summed E-state index contributed by atoms with van der Waals surface area (Å²) >= 11 is 6.92. The van der Waals surface area contributed by atoms with Crippen LogP contribution in [0.4, 0.5) is 0 Å². The monoisotopic (exact) mass is 582 g/mol. The van der Waals surface area contributed by atoms with Crippen molar-refractivity contribution >= 4 is 43.7 Å². The van der Waals surface area contributed by atoms with Gasteiger partial charge >= 0.3 is 0 Å². The Bertz CT molecular complexity index is 979. The summed E-state index contributed by atoms with van der Waals surface area (Å²) in [6.45, 7) is 13.3. The molecule has 0 fully saturated rings. The van der Waals surface area contributed by atoms with Gasteiger partial charge in [-0.15, -0.1) is 0 Å². The van der Waals surface area contributed by atoms with Gasteiger partial charge in [0.2, 0.25) is 0 Å². The first-order valence-electron chi connectivity index (χ1n) is 10.8. The third-order valence-electron chi connectivity index (χ3n) is 5.15. The van der Waals surface area contributed by atoms with Crippen LogP contribution in [0.2, 0.25) is 0 Å². The Morgan fingerprint density at radius 1 is 0.758 bits per heavy atom. The van der Waals surface area contributed by atoms with Crippen LogP contribution in [0.3, 0.4) is 0 Å². The van der Waals surface area contributed by atoms with E-state index in [-0.39, 0.29) is 24.4 Å². The van der Waals surface area contributed by atoms with Gasteiger partial charge in [-0.25, -0.2) is 0 Å². The Labute approximate surface area is 213 Å². The minimum absolute atomic E-state index is 0.246. The standard InChI is InChI=1S/C25H32Br2N2O4/c1-13-8-20(26)9-14(2)22(13)32-18(6)24(30)28-12-17(5)29-25(31)19(7)33-23-15(3)10-21(27)11-16(23)4/h8-11,17-19H,12H2,1-7H3,(H,28,30)(H,29,31). The highest BCUT2D eigenvalue weighted by atomic mass is 79.9. The molecule has 180 valence electrons. The zero-order valence-corrected chi connectivity index (χ0v) is 23.3. The van der Waals surface area contributed by atoms with Crippen molar-refractivity contribution in [2.45, 2.75) is 66.7 Å². The Morgan fingerprint density at radius 2 is 1.12 bits per heavy atom. The molecular weight excluding hydrogens is 552 g/mol. The summed E-state index contributed by atoms with van der Waals surface area (Å²) in [7, 11) is 0. The maximum Gasteiger partial charge on any atom is 0.261 e. The Balaban J connectivity index is 1.86. The summed E-state index contributed by atoms with van der Waals surface area (Å²) in [5, 5.41) is 5.72. The largest absolute Gasteiger partial charge is 0.480 e. The maximum absolute atomic E-state index is 12.6. The Morgan fingerprint density at radius 3 is 1.52 bits per heavy atom. The van der Waals surface area contributed by atoms with E-state index in [9.17, 15) is 9.59 Å². The summed E-state index contributed by atoms with van der Waals surface area (Å²) < 4.78 is 13.7. The second-order valence-electron chi connectivity index (χ2n) is 8.41. The number of carbonyl (C=O) groups is 2. The van der Waals surface area contributed by atoms with Gasteiger partial charge in [0.05, 0.1) is 0 Å². The average Bonchev–Trinajstić information content (AvgIpc) is 2.70. The van der Waals surface area contributed by atoms with Gasteiger partial charge in [-0.2, -0.15) is 0 Å². The zero-order valence-electron chi connectivity index (χ0n) is 20.1. The number of amides is 2. The molecule has 0 spiro atoms. The molecule has 0 bridgehead atoms. The number of hydrogen-bond acceptors (Lipinski definition) is 4. The predicted octanol–water partition coefficient (Wildman–Crippen LogP) is 5.30. The maximum atomic E-state index is 12.6. The van der Waals surface area contributed by atoms with E-state index < -0.39 is 12.2 Å². The molecule has 0 aromatic heterocycles. The second-order valence-corrected chi connectivity index (χ2v) is 10.2. The lowest BCUT2D eigenvalue weighted by Gasteiger charge is -2.22. The fourth-order valence-electron chi connectivity index (χ4n) is 3.44. The van der Waals surface area contributed by atoms with E-state index in [0.717, 1.165) is 31.2 Å². The normalized spacial score (nSPS) is 13.6. The molecule has 2 amide bonds. The molecule has 3 unspecified atom stereocenters. The molecule has 33 heavy (non-hydrogen) atoms. The first-order chi connectivity index (χ1) is 15.4. The Kier molecular flexibility index (Phi) is 9.79. The van der Waals surface area contributed by atoms with Crippen LogP contribution in [0.25, 0.3) is 0 Å². The number of hydrogen-bond donors (Lipinski definition) is 2. The number of rotatable bonds is 9.